The minimum atomic E-state index is -4.12. The van der Waals surface area contributed by atoms with Crippen molar-refractivity contribution in [2.75, 3.05) is 40.1 Å². The molecule has 0 unspecified atom stereocenters. The number of nitrogens with one attached hydrogen (secondary N) is 3. The molecule has 1 aromatic rings. The number of carbonyl (C=O) groups is 5. The minimum absolute atomic E-state index is 0.00186. The second-order valence-electron chi connectivity index (χ2n) is 17.2. The van der Waals surface area contributed by atoms with E-state index in [1.807, 2.05) is 55.4 Å². The van der Waals surface area contributed by atoms with Gasteiger partial charge in [0.2, 0.25) is 27.7 Å². The first kappa shape index (κ1) is 53.7. The van der Waals surface area contributed by atoms with Crippen molar-refractivity contribution in [1.82, 2.24) is 30.1 Å². The van der Waals surface area contributed by atoms with Crippen molar-refractivity contribution in [3.05, 3.63) is 46.3 Å². The lowest BCUT2D eigenvalue weighted by Crippen LogP contribution is -2.60. The fourth-order valence-electron chi connectivity index (χ4n) is 8.32. The molecule has 6 amide bonds. The number of methoxy groups -OCH3 is 2. The van der Waals surface area contributed by atoms with Crippen LogP contribution in [0.25, 0.3) is 10.4 Å². The van der Waals surface area contributed by atoms with Gasteiger partial charge in [0.1, 0.15) is 12.1 Å². The van der Waals surface area contributed by atoms with E-state index < -0.39 is 69.9 Å². The molecule has 3 N–H and O–H groups in total. The highest BCUT2D eigenvalue weighted by molar-refractivity contribution is 7.90. The summed E-state index contributed by atoms with van der Waals surface area (Å²) in [5, 5.41) is 9.05. The normalized spacial score (nSPS) is 17.6. The maximum absolute atomic E-state index is 14.3. The van der Waals surface area contributed by atoms with Gasteiger partial charge in [-0.25, -0.2) is 13.2 Å². The van der Waals surface area contributed by atoms with Crippen LogP contribution in [-0.4, -0.2) is 141 Å². The van der Waals surface area contributed by atoms with Crippen molar-refractivity contribution < 1.29 is 41.9 Å². The van der Waals surface area contributed by atoms with Gasteiger partial charge >= 0.3 is 6.03 Å². The highest BCUT2D eigenvalue weighted by Gasteiger charge is 2.43. The number of hydrogen-bond acceptors (Lipinski definition) is 10. The Bertz CT molecular complexity index is 1770. The summed E-state index contributed by atoms with van der Waals surface area (Å²) in [7, 11) is 0.537. The summed E-state index contributed by atoms with van der Waals surface area (Å²) in [6.07, 6.45) is 0.275. The molecular weight excluding hydrogens is 819 g/mol. The third kappa shape index (κ3) is 15.4. The summed E-state index contributed by atoms with van der Waals surface area (Å²) in [5.41, 5.74) is 9.18. The molecule has 8 atom stereocenters. The van der Waals surface area contributed by atoms with E-state index in [0.29, 0.717) is 31.4 Å². The lowest BCUT2D eigenvalue weighted by molar-refractivity contribution is -0.147. The number of likely N-dealkylation sites (N-methyl/N-ethyl adjacent to an activating group) is 1. The van der Waals surface area contributed by atoms with Crippen LogP contribution in [0.15, 0.2) is 35.4 Å². The van der Waals surface area contributed by atoms with E-state index in [1.165, 1.54) is 14.2 Å². The molecule has 0 spiro atoms. The molecule has 0 aliphatic carbocycles. The lowest BCUT2D eigenvalue weighted by atomic mass is 9.89. The standard InChI is InChI=1S/C43H73N9O9S/c1-13-30(8)38(50(10)42(56)37(27(2)3)47-43(57)52(28(4)5)29(6)7)35(60-11)26-36(53)51-23-17-21-34(51)39(61-12)31(9)40(54)46-33(25-32-19-15-14-16-20-32)41(55)48-62(58,59)24-18-22-45-49-44/h14-16,19-20,27-31,33-35,37-39H,13,17-18,21-26H2,1-12H3,(H,46,54)(H,47,57)(H,48,55)/t30-,31+,33-,34-,35+,37-,38-,39+/m0/s1. The number of urea groups is 1. The Kier molecular flexibility index (Phi) is 22.2. The Morgan fingerprint density at radius 3 is 2.11 bits per heavy atom. The summed E-state index contributed by atoms with van der Waals surface area (Å²) in [6.45, 7) is 17.4. The van der Waals surface area contributed by atoms with Crippen LogP contribution in [0.4, 0.5) is 4.79 Å². The summed E-state index contributed by atoms with van der Waals surface area (Å²) in [4.78, 5) is 77.1. The van der Waals surface area contributed by atoms with Crippen LogP contribution >= 0.6 is 0 Å². The van der Waals surface area contributed by atoms with Gasteiger partial charge in [0.05, 0.1) is 42.4 Å². The topological polar surface area (TPSA) is 233 Å². The number of nitrogens with zero attached hydrogens (tertiary/aromatic N) is 6. The number of sulfonamides is 1. The molecule has 18 nitrogen and oxygen atoms in total. The van der Waals surface area contributed by atoms with Crippen molar-refractivity contribution in [1.29, 1.82) is 0 Å². The second-order valence-corrected chi connectivity index (χ2v) is 19.0. The van der Waals surface area contributed by atoms with Gasteiger partial charge in [0.25, 0.3) is 5.91 Å². The Morgan fingerprint density at radius 2 is 1.58 bits per heavy atom. The van der Waals surface area contributed by atoms with Crippen molar-refractivity contribution in [3.63, 3.8) is 0 Å². The first-order valence-electron chi connectivity index (χ1n) is 21.8. The predicted molar refractivity (Wildman–Crippen MR) is 238 cm³/mol. The van der Waals surface area contributed by atoms with Crippen LogP contribution in [0, 0.1) is 17.8 Å². The van der Waals surface area contributed by atoms with Crippen molar-refractivity contribution >= 4 is 39.7 Å². The molecule has 1 fully saturated rings. The molecule has 1 aromatic carbocycles. The SMILES string of the molecule is CC[C@H](C)[C@@H]([C@@H](CC(=O)N1CCC[C@H]1[C@H](OC)[C@@H](C)C(=O)N[C@@H](Cc1ccccc1)C(=O)NS(=O)(=O)CCCN=[N+]=[N-])OC)N(C)C(=O)[C@@H](NC(=O)N(C(C)C)C(C)C)C(C)C. The van der Waals surface area contributed by atoms with Gasteiger partial charge in [-0.05, 0) is 69.9 Å². The molecular formula is C43H73N9O9S. The Labute approximate surface area is 369 Å². The number of rotatable bonds is 25. The monoisotopic (exact) mass is 892 g/mol. The largest absolute Gasteiger partial charge is 0.379 e. The zero-order valence-electron chi connectivity index (χ0n) is 38.9. The van der Waals surface area contributed by atoms with E-state index in [2.05, 4.69) is 25.4 Å². The number of benzene rings is 1. The van der Waals surface area contributed by atoms with Gasteiger partial charge in [-0.1, -0.05) is 76.5 Å². The Hall–Kier alpha value is -4.45. The van der Waals surface area contributed by atoms with Crippen LogP contribution in [-0.2, 0) is 45.1 Å². The maximum Gasteiger partial charge on any atom is 0.318 e. The van der Waals surface area contributed by atoms with E-state index in [-0.39, 0.29) is 67.6 Å². The highest BCUT2D eigenvalue weighted by Crippen LogP contribution is 2.30. The van der Waals surface area contributed by atoms with Crippen LogP contribution in [0.5, 0.6) is 0 Å². The third-order valence-corrected chi connectivity index (χ3v) is 13.1. The lowest BCUT2D eigenvalue weighted by Gasteiger charge is -2.41. The number of carbonyl (C=O) groups excluding carboxylic acids is 5. The molecule has 1 heterocycles. The molecule has 350 valence electrons. The van der Waals surface area contributed by atoms with Gasteiger partial charge in [0, 0.05) is 57.8 Å². The molecule has 2 rings (SSSR count). The minimum Gasteiger partial charge on any atom is -0.379 e. The van der Waals surface area contributed by atoms with Crippen LogP contribution in [0.1, 0.15) is 100.0 Å². The van der Waals surface area contributed by atoms with E-state index in [9.17, 15) is 32.4 Å². The zero-order valence-corrected chi connectivity index (χ0v) is 39.7. The first-order chi connectivity index (χ1) is 29.2. The fourth-order valence-corrected chi connectivity index (χ4v) is 9.38. The molecule has 1 aliphatic heterocycles. The summed E-state index contributed by atoms with van der Waals surface area (Å²) in [5.74, 6) is -3.70. The average Bonchev–Trinajstić information content (AvgIpc) is 3.70. The van der Waals surface area contributed by atoms with E-state index in [0.717, 1.165) is 0 Å². The average molecular weight is 892 g/mol. The highest BCUT2D eigenvalue weighted by atomic mass is 32.2. The van der Waals surface area contributed by atoms with Crippen LogP contribution in [0.2, 0.25) is 0 Å². The van der Waals surface area contributed by atoms with E-state index in [4.69, 9.17) is 15.0 Å². The number of ether oxygens (including phenoxy) is 2. The smallest absolute Gasteiger partial charge is 0.318 e. The molecule has 1 aliphatic rings. The predicted octanol–water partition coefficient (Wildman–Crippen LogP) is 4.63. The van der Waals surface area contributed by atoms with Gasteiger partial charge in [-0.15, -0.1) is 0 Å². The Morgan fingerprint density at radius 1 is 0.952 bits per heavy atom. The summed E-state index contributed by atoms with van der Waals surface area (Å²) in [6, 6.07) is 5.18. The van der Waals surface area contributed by atoms with Gasteiger partial charge in [0.15, 0.2) is 0 Å². The van der Waals surface area contributed by atoms with Crippen molar-refractivity contribution in [3.8, 4) is 0 Å². The van der Waals surface area contributed by atoms with Gasteiger partial charge in [-0.3, -0.25) is 23.9 Å². The first-order valence-corrected chi connectivity index (χ1v) is 23.4. The van der Waals surface area contributed by atoms with Crippen LogP contribution in [0.3, 0.4) is 0 Å². The van der Waals surface area contributed by atoms with Crippen molar-refractivity contribution in [2.24, 2.45) is 22.9 Å². The maximum atomic E-state index is 14.3. The molecule has 62 heavy (non-hydrogen) atoms. The van der Waals surface area contributed by atoms with Gasteiger partial charge < -0.3 is 34.8 Å². The number of amides is 6. The molecule has 0 aromatic heterocycles. The van der Waals surface area contributed by atoms with E-state index in [1.54, 1.807) is 59.0 Å². The molecule has 1 saturated heterocycles. The number of hydrogen-bond donors (Lipinski definition) is 3. The fraction of sp³-hybridized carbons (Fsp3) is 0.744. The van der Waals surface area contributed by atoms with Crippen LogP contribution < -0.4 is 15.4 Å². The number of likely N-dealkylation sites (tertiary alicyclic amines) is 1. The quantitative estimate of drug-likeness (QED) is 0.0537. The molecule has 0 bridgehead atoms. The van der Waals surface area contributed by atoms with Crippen molar-refractivity contribution in [2.45, 2.75) is 149 Å². The number of azide groups is 1. The van der Waals surface area contributed by atoms with Gasteiger partial charge in [-0.2, -0.15) is 0 Å². The third-order valence-electron chi connectivity index (χ3n) is 11.7. The molecule has 0 saturated carbocycles. The van der Waals surface area contributed by atoms with E-state index >= 15 is 0 Å². The summed E-state index contributed by atoms with van der Waals surface area (Å²) < 4.78 is 39.5. The summed E-state index contributed by atoms with van der Waals surface area (Å²) >= 11 is 0. The molecule has 19 heteroatoms. The zero-order chi connectivity index (χ0) is 46.9. The molecule has 0 radical (unpaired) electrons. The Balaban J connectivity index is 2.33. The second kappa shape index (κ2) is 25.6.